The lowest BCUT2D eigenvalue weighted by Gasteiger charge is -2.08. The molecule has 118 valence electrons. The van der Waals surface area contributed by atoms with Crippen LogP contribution in [-0.2, 0) is 20.6 Å². The Hall–Kier alpha value is -1.35. The zero-order valence-corrected chi connectivity index (χ0v) is 14.4. The van der Waals surface area contributed by atoms with Crippen LogP contribution in [0.25, 0.3) is 0 Å². The number of carbonyl (C=O) groups is 1. The molecule has 1 aromatic heterocycles. The minimum atomic E-state index is -3.79. The summed E-state index contributed by atoms with van der Waals surface area (Å²) < 4.78 is 22.9. The van der Waals surface area contributed by atoms with Crippen molar-refractivity contribution in [1.82, 2.24) is 0 Å². The van der Waals surface area contributed by atoms with Gasteiger partial charge in [-0.1, -0.05) is 12.1 Å². The maximum Gasteiger partial charge on any atom is 0.238 e. The van der Waals surface area contributed by atoms with Gasteiger partial charge in [0, 0.05) is 16.3 Å². The molecule has 5 nitrogen and oxygen atoms in total. The first-order valence-corrected chi connectivity index (χ1v) is 9.98. The molecule has 0 aliphatic rings. The molecule has 0 spiro atoms. The van der Waals surface area contributed by atoms with Gasteiger partial charge in [-0.05, 0) is 36.1 Å². The van der Waals surface area contributed by atoms with E-state index in [9.17, 15) is 13.2 Å². The van der Waals surface area contributed by atoms with Crippen molar-refractivity contribution in [1.29, 1.82) is 0 Å². The number of nitrogens with one attached hydrogen (secondary N) is 1. The van der Waals surface area contributed by atoms with Gasteiger partial charge in [-0.3, -0.25) is 4.79 Å². The number of anilines is 1. The third-order valence-corrected chi connectivity index (χ3v) is 5.93. The van der Waals surface area contributed by atoms with Crippen LogP contribution < -0.4 is 10.5 Å². The summed E-state index contributed by atoms with van der Waals surface area (Å²) in [7, 11) is -3.79. The molecule has 1 aromatic carbocycles. The smallest absolute Gasteiger partial charge is 0.238 e. The highest BCUT2D eigenvalue weighted by Crippen LogP contribution is 2.20. The first-order valence-electron chi connectivity index (χ1n) is 6.39. The number of hydrogen-bond acceptors (Lipinski definition) is 5. The minimum Gasteiger partial charge on any atom is -0.325 e. The number of nitrogens with two attached hydrogens (primary N) is 1. The van der Waals surface area contributed by atoms with Crippen LogP contribution in [0.4, 0.5) is 5.69 Å². The molecule has 0 aliphatic heterocycles. The van der Waals surface area contributed by atoms with Crippen molar-refractivity contribution >= 4 is 44.7 Å². The summed E-state index contributed by atoms with van der Waals surface area (Å²) in [4.78, 5) is 13.1. The van der Waals surface area contributed by atoms with E-state index in [2.05, 4.69) is 5.32 Å². The van der Waals surface area contributed by atoms with Gasteiger partial charge in [0.15, 0.2) is 0 Å². The molecular formula is C14H16N2O3S3. The third-order valence-electron chi connectivity index (χ3n) is 2.84. The van der Waals surface area contributed by atoms with E-state index in [0.29, 0.717) is 17.0 Å². The highest BCUT2D eigenvalue weighted by molar-refractivity contribution is 7.99. The Labute approximate surface area is 138 Å². The molecule has 1 amide bonds. The minimum absolute atomic E-state index is 0.0246. The Morgan fingerprint density at radius 3 is 2.77 bits per heavy atom. The lowest BCUT2D eigenvalue weighted by molar-refractivity contribution is -0.113. The van der Waals surface area contributed by atoms with Crippen LogP contribution in [-0.4, -0.2) is 20.1 Å². The van der Waals surface area contributed by atoms with Crippen LogP contribution in [0.1, 0.15) is 10.4 Å². The molecule has 0 aliphatic carbocycles. The van der Waals surface area contributed by atoms with E-state index in [4.69, 9.17) is 5.14 Å². The highest BCUT2D eigenvalue weighted by atomic mass is 32.2. The highest BCUT2D eigenvalue weighted by Gasteiger charge is 2.13. The summed E-state index contributed by atoms with van der Waals surface area (Å²) in [5.41, 5.74) is 0.976. The molecule has 0 unspecified atom stereocenters. The second-order valence-corrected chi connectivity index (χ2v) is 8.19. The zero-order chi connectivity index (χ0) is 16.2. The lowest BCUT2D eigenvalue weighted by atomic mass is 10.2. The summed E-state index contributed by atoms with van der Waals surface area (Å²) >= 11 is 3.16. The van der Waals surface area contributed by atoms with Crippen molar-refractivity contribution in [2.75, 3.05) is 11.1 Å². The summed E-state index contributed by atoms with van der Waals surface area (Å²) in [5.74, 6) is 0.906. The van der Waals surface area contributed by atoms with Crippen LogP contribution in [0.15, 0.2) is 40.6 Å². The van der Waals surface area contributed by atoms with E-state index in [1.165, 1.54) is 22.7 Å². The predicted molar refractivity (Wildman–Crippen MR) is 91.7 cm³/mol. The zero-order valence-electron chi connectivity index (χ0n) is 11.9. The molecule has 8 heteroatoms. The lowest BCUT2D eigenvalue weighted by Crippen LogP contribution is -2.17. The van der Waals surface area contributed by atoms with Gasteiger partial charge in [0.1, 0.15) is 0 Å². The summed E-state index contributed by atoms with van der Waals surface area (Å²) in [6.07, 6.45) is 0. The van der Waals surface area contributed by atoms with Crippen LogP contribution in [0.3, 0.4) is 0 Å². The number of aryl methyl sites for hydroxylation is 1. The number of amides is 1. The van der Waals surface area contributed by atoms with E-state index in [0.717, 1.165) is 5.75 Å². The van der Waals surface area contributed by atoms with Gasteiger partial charge in [-0.2, -0.15) is 0 Å². The first kappa shape index (κ1) is 17.0. The van der Waals surface area contributed by atoms with E-state index in [1.54, 1.807) is 30.4 Å². The Morgan fingerprint density at radius 2 is 2.14 bits per heavy atom. The average molecular weight is 356 g/mol. The van der Waals surface area contributed by atoms with Crippen LogP contribution >= 0.6 is 23.1 Å². The van der Waals surface area contributed by atoms with E-state index in [1.807, 2.05) is 17.5 Å². The van der Waals surface area contributed by atoms with Gasteiger partial charge in [-0.25, -0.2) is 13.6 Å². The third kappa shape index (κ3) is 4.84. The summed E-state index contributed by atoms with van der Waals surface area (Å²) in [6.45, 7) is 1.65. The second kappa shape index (κ2) is 7.28. The number of hydrogen-bond donors (Lipinski definition) is 2. The number of carbonyl (C=O) groups excluding carboxylic acids is 1. The molecule has 0 saturated heterocycles. The van der Waals surface area contributed by atoms with Crippen molar-refractivity contribution in [2.45, 2.75) is 17.6 Å². The Balaban J connectivity index is 1.94. The molecule has 0 saturated carbocycles. The van der Waals surface area contributed by atoms with Gasteiger partial charge in [-0.15, -0.1) is 23.1 Å². The summed E-state index contributed by atoms with van der Waals surface area (Å²) in [5, 5.41) is 9.83. The number of thiophene rings is 1. The van der Waals surface area contributed by atoms with Gasteiger partial charge < -0.3 is 5.32 Å². The number of benzene rings is 1. The molecule has 0 bridgehead atoms. The topological polar surface area (TPSA) is 89.3 Å². The molecule has 0 radical (unpaired) electrons. The maximum absolute atomic E-state index is 11.9. The number of sulfonamides is 1. The number of rotatable bonds is 6. The second-order valence-electron chi connectivity index (χ2n) is 4.65. The first-order chi connectivity index (χ1) is 10.4. The molecule has 3 N–H and O–H groups in total. The fraction of sp³-hybridized carbons (Fsp3) is 0.214. The van der Waals surface area contributed by atoms with Crippen molar-refractivity contribution in [3.05, 3.63) is 46.2 Å². The predicted octanol–water partition coefficient (Wildman–Crippen LogP) is 2.58. The molecule has 1 heterocycles. The monoisotopic (exact) mass is 356 g/mol. The summed E-state index contributed by atoms with van der Waals surface area (Å²) in [6, 6.07) is 8.65. The molecule has 0 atom stereocenters. The van der Waals surface area contributed by atoms with Crippen molar-refractivity contribution < 1.29 is 13.2 Å². The number of thioether (sulfide) groups is 1. The average Bonchev–Trinajstić information content (AvgIpc) is 2.93. The van der Waals surface area contributed by atoms with Crippen LogP contribution in [0.2, 0.25) is 0 Å². The molecule has 2 rings (SSSR count). The maximum atomic E-state index is 11.9. The molecule has 22 heavy (non-hydrogen) atoms. The van der Waals surface area contributed by atoms with Crippen LogP contribution in [0, 0.1) is 6.92 Å². The fourth-order valence-electron chi connectivity index (χ4n) is 1.82. The van der Waals surface area contributed by atoms with Crippen molar-refractivity contribution in [3.63, 3.8) is 0 Å². The largest absolute Gasteiger partial charge is 0.325 e. The number of primary sulfonamides is 1. The Morgan fingerprint density at radius 1 is 1.36 bits per heavy atom. The van der Waals surface area contributed by atoms with Crippen molar-refractivity contribution in [2.24, 2.45) is 5.14 Å². The molecule has 0 fully saturated rings. The van der Waals surface area contributed by atoms with Gasteiger partial charge in [0.25, 0.3) is 0 Å². The van der Waals surface area contributed by atoms with E-state index in [-0.39, 0.29) is 10.8 Å². The SMILES string of the molecule is Cc1ccc(NC(=O)CSCc2cccs2)cc1S(N)(=O)=O. The standard InChI is InChI=1S/C14H16N2O3S3/c1-10-4-5-11(7-13(10)22(15,18)19)16-14(17)9-20-8-12-3-2-6-21-12/h2-7H,8-9H2,1H3,(H,16,17)(H2,15,18,19). The van der Waals surface area contributed by atoms with Gasteiger partial charge in [0.05, 0.1) is 10.6 Å². The molecule has 2 aromatic rings. The van der Waals surface area contributed by atoms with E-state index >= 15 is 0 Å². The molecular weight excluding hydrogens is 340 g/mol. The van der Waals surface area contributed by atoms with Crippen LogP contribution in [0.5, 0.6) is 0 Å². The fourth-order valence-corrected chi connectivity index (χ4v) is 4.30. The Bertz CT molecular complexity index is 756. The normalized spacial score (nSPS) is 11.4. The van der Waals surface area contributed by atoms with Gasteiger partial charge in [0.2, 0.25) is 15.9 Å². The van der Waals surface area contributed by atoms with Gasteiger partial charge >= 0.3 is 0 Å². The van der Waals surface area contributed by atoms with E-state index < -0.39 is 10.0 Å². The Kier molecular flexibility index (Phi) is 5.63. The quantitative estimate of drug-likeness (QED) is 0.832. The van der Waals surface area contributed by atoms with Crippen molar-refractivity contribution in [3.8, 4) is 0 Å².